The van der Waals surface area contributed by atoms with Gasteiger partial charge in [0.05, 0.1) is 7.11 Å². The maximum atomic E-state index is 12.9. The molecule has 2 heterocycles. The number of rotatable bonds is 3. The molecule has 2 aliphatic heterocycles. The summed E-state index contributed by atoms with van der Waals surface area (Å²) in [6.07, 6.45) is 5.55. The second-order valence-electron chi connectivity index (χ2n) is 6.60. The Kier molecular flexibility index (Phi) is 4.92. The normalized spacial score (nSPS) is 17.6. The third-order valence-electron chi connectivity index (χ3n) is 4.83. The molecule has 0 fully saturated rings. The van der Waals surface area contributed by atoms with E-state index < -0.39 is 12.0 Å². The summed E-state index contributed by atoms with van der Waals surface area (Å²) >= 11 is 6.04. The van der Waals surface area contributed by atoms with Crippen LogP contribution in [0.1, 0.15) is 11.1 Å². The second-order valence-corrected chi connectivity index (χ2v) is 7.04. The first-order valence-corrected chi connectivity index (χ1v) is 9.24. The lowest BCUT2D eigenvalue weighted by Crippen LogP contribution is -2.42. The Morgan fingerprint density at radius 1 is 1.25 bits per heavy atom. The molecule has 6 heteroatoms. The molecule has 4 rings (SSSR count). The lowest BCUT2D eigenvalue weighted by Gasteiger charge is -2.22. The molecule has 28 heavy (non-hydrogen) atoms. The molecule has 1 unspecified atom stereocenters. The second kappa shape index (κ2) is 7.52. The zero-order valence-electron chi connectivity index (χ0n) is 15.2. The van der Waals surface area contributed by atoms with Crippen LogP contribution in [0.4, 0.5) is 5.69 Å². The Labute approximate surface area is 167 Å². The van der Waals surface area contributed by atoms with Gasteiger partial charge in [-0.1, -0.05) is 35.9 Å². The average Bonchev–Trinajstić information content (AvgIpc) is 3.10. The maximum absolute atomic E-state index is 12.9. The Morgan fingerprint density at radius 3 is 2.89 bits per heavy atom. The minimum absolute atomic E-state index is 0.279. The van der Waals surface area contributed by atoms with Crippen molar-refractivity contribution in [1.82, 2.24) is 0 Å². The number of carbonyl (C=O) groups is 2. The first kappa shape index (κ1) is 18.3. The van der Waals surface area contributed by atoms with Crippen molar-refractivity contribution < 1.29 is 19.1 Å². The van der Waals surface area contributed by atoms with E-state index in [-0.39, 0.29) is 5.91 Å². The number of methoxy groups -OCH3 is 1. The van der Waals surface area contributed by atoms with Crippen LogP contribution in [-0.4, -0.2) is 31.6 Å². The van der Waals surface area contributed by atoms with Crippen LogP contribution >= 0.6 is 11.6 Å². The Hall–Kier alpha value is -3.05. The number of nitrogens with zero attached hydrogens (tertiary/aromatic N) is 1. The molecular formula is C22H18ClNO4. The molecule has 2 aromatic carbocycles. The molecule has 0 aliphatic carbocycles. The molecule has 0 radical (unpaired) electrons. The van der Waals surface area contributed by atoms with Gasteiger partial charge in [-0.2, -0.15) is 0 Å². The van der Waals surface area contributed by atoms with E-state index in [1.54, 1.807) is 12.1 Å². The monoisotopic (exact) mass is 395 g/mol. The molecule has 0 saturated carbocycles. The minimum Gasteiger partial charge on any atom is -0.488 e. The Bertz CT molecular complexity index is 1010. The first-order chi connectivity index (χ1) is 13.6. The fraction of sp³-hybridized carbons (Fsp3) is 0.182. The van der Waals surface area contributed by atoms with Crippen LogP contribution in [0.5, 0.6) is 5.75 Å². The van der Waals surface area contributed by atoms with Gasteiger partial charge in [0.2, 0.25) is 0 Å². The number of hydrogen-bond acceptors (Lipinski definition) is 4. The van der Waals surface area contributed by atoms with Gasteiger partial charge in [-0.15, -0.1) is 0 Å². The van der Waals surface area contributed by atoms with Crippen LogP contribution in [0, 0.1) is 0 Å². The summed E-state index contributed by atoms with van der Waals surface area (Å²) in [6, 6.07) is 12.3. The molecule has 142 valence electrons. The SMILES string of the molecule is COC(=O)C1Cc2ccccc2N1C(=O)/C=C/C1=Cc2cc(Cl)ccc2OC1. The topological polar surface area (TPSA) is 55.8 Å². The zero-order chi connectivity index (χ0) is 19.7. The third-order valence-corrected chi connectivity index (χ3v) is 5.07. The fourth-order valence-electron chi connectivity index (χ4n) is 3.50. The van der Waals surface area contributed by atoms with Gasteiger partial charge in [-0.3, -0.25) is 9.69 Å². The highest BCUT2D eigenvalue weighted by molar-refractivity contribution is 6.30. The number of carbonyl (C=O) groups excluding carboxylic acids is 2. The third kappa shape index (κ3) is 3.41. The van der Waals surface area contributed by atoms with Gasteiger partial charge >= 0.3 is 5.97 Å². The number of ether oxygens (including phenoxy) is 2. The van der Waals surface area contributed by atoms with Crippen molar-refractivity contribution in [3.8, 4) is 5.75 Å². The van der Waals surface area contributed by atoms with Gasteiger partial charge in [0.1, 0.15) is 18.4 Å². The van der Waals surface area contributed by atoms with Crippen LogP contribution in [0.3, 0.4) is 0 Å². The van der Waals surface area contributed by atoms with Crippen molar-refractivity contribution in [2.75, 3.05) is 18.6 Å². The van der Waals surface area contributed by atoms with E-state index in [9.17, 15) is 9.59 Å². The van der Waals surface area contributed by atoms with Crippen molar-refractivity contribution >= 4 is 35.2 Å². The van der Waals surface area contributed by atoms with E-state index in [4.69, 9.17) is 21.1 Å². The zero-order valence-corrected chi connectivity index (χ0v) is 16.0. The summed E-state index contributed by atoms with van der Waals surface area (Å²) < 4.78 is 10.6. The minimum atomic E-state index is -0.657. The number of para-hydroxylation sites is 1. The van der Waals surface area contributed by atoms with Crippen LogP contribution in [-0.2, 0) is 20.7 Å². The number of halogens is 1. The van der Waals surface area contributed by atoms with Crippen LogP contribution in [0.25, 0.3) is 6.08 Å². The Balaban J connectivity index is 1.59. The molecule has 1 amide bonds. The maximum Gasteiger partial charge on any atom is 0.329 e. The highest BCUT2D eigenvalue weighted by Crippen LogP contribution is 2.33. The van der Waals surface area contributed by atoms with Crippen molar-refractivity contribution in [1.29, 1.82) is 0 Å². The van der Waals surface area contributed by atoms with Crippen molar-refractivity contribution in [2.45, 2.75) is 12.5 Å². The van der Waals surface area contributed by atoms with E-state index in [1.165, 1.54) is 18.1 Å². The van der Waals surface area contributed by atoms with Crippen LogP contribution in [0.2, 0.25) is 5.02 Å². The summed E-state index contributed by atoms with van der Waals surface area (Å²) in [5, 5.41) is 0.620. The smallest absolute Gasteiger partial charge is 0.329 e. The predicted octanol–water partition coefficient (Wildman–Crippen LogP) is 3.80. The van der Waals surface area contributed by atoms with E-state index in [2.05, 4.69) is 0 Å². The standard InChI is InChI=1S/C22H18ClNO4/c1-27-22(26)19-12-15-4-2-3-5-18(15)24(19)21(25)9-6-14-10-16-11-17(23)7-8-20(16)28-13-14/h2-11,19H,12-13H2,1H3/b9-6+. The van der Waals surface area contributed by atoms with Crippen molar-refractivity contribution in [3.63, 3.8) is 0 Å². The van der Waals surface area contributed by atoms with Crippen LogP contribution < -0.4 is 9.64 Å². The average molecular weight is 396 g/mol. The first-order valence-electron chi connectivity index (χ1n) is 8.87. The lowest BCUT2D eigenvalue weighted by molar-refractivity contribution is -0.143. The van der Waals surface area contributed by atoms with E-state index in [0.29, 0.717) is 18.1 Å². The Morgan fingerprint density at radius 2 is 2.07 bits per heavy atom. The summed E-state index contributed by atoms with van der Waals surface area (Å²) in [6.45, 7) is 0.357. The van der Waals surface area contributed by atoms with Crippen molar-refractivity contribution in [3.05, 3.63) is 76.3 Å². The highest BCUT2D eigenvalue weighted by atomic mass is 35.5. The molecule has 5 nitrogen and oxygen atoms in total. The van der Waals surface area contributed by atoms with Gasteiger partial charge < -0.3 is 9.47 Å². The predicted molar refractivity (Wildman–Crippen MR) is 108 cm³/mol. The van der Waals surface area contributed by atoms with E-state index in [0.717, 1.165) is 28.1 Å². The molecular weight excluding hydrogens is 378 g/mol. The number of fused-ring (bicyclic) bond motifs is 2. The van der Waals surface area contributed by atoms with Gasteiger partial charge in [-0.25, -0.2) is 4.79 Å². The molecule has 0 aromatic heterocycles. The van der Waals surface area contributed by atoms with Gasteiger partial charge in [-0.05, 0) is 41.5 Å². The van der Waals surface area contributed by atoms with Gasteiger partial charge in [0, 0.05) is 28.8 Å². The summed E-state index contributed by atoms with van der Waals surface area (Å²) in [7, 11) is 1.33. The number of hydrogen-bond donors (Lipinski definition) is 0. The fourth-order valence-corrected chi connectivity index (χ4v) is 3.68. The van der Waals surface area contributed by atoms with Gasteiger partial charge in [0.25, 0.3) is 5.91 Å². The molecule has 0 spiro atoms. The summed E-state index contributed by atoms with van der Waals surface area (Å²) in [5.74, 6) is 0.0481. The number of esters is 1. The largest absolute Gasteiger partial charge is 0.488 e. The molecule has 0 saturated heterocycles. The van der Waals surface area contributed by atoms with Crippen molar-refractivity contribution in [2.24, 2.45) is 0 Å². The summed E-state index contributed by atoms with van der Waals surface area (Å²) in [5.41, 5.74) is 3.39. The summed E-state index contributed by atoms with van der Waals surface area (Å²) in [4.78, 5) is 26.6. The molecule has 2 aromatic rings. The van der Waals surface area contributed by atoms with Gasteiger partial charge in [0.15, 0.2) is 0 Å². The molecule has 1 atom stereocenters. The number of anilines is 1. The molecule has 2 aliphatic rings. The lowest BCUT2D eigenvalue weighted by atomic mass is 10.1. The van der Waals surface area contributed by atoms with E-state index >= 15 is 0 Å². The van der Waals surface area contributed by atoms with Crippen LogP contribution in [0.15, 0.2) is 60.2 Å². The highest BCUT2D eigenvalue weighted by Gasteiger charge is 2.38. The number of benzene rings is 2. The molecule has 0 N–H and O–H groups in total. The quantitative estimate of drug-likeness (QED) is 0.586. The molecule has 0 bridgehead atoms. The van der Waals surface area contributed by atoms with E-state index in [1.807, 2.05) is 42.5 Å². The number of amides is 1.